The van der Waals surface area contributed by atoms with Crippen LogP contribution in [-0.2, 0) is 6.54 Å². The minimum atomic E-state index is 0.430. The number of guanidine groups is 1. The third-order valence-corrected chi connectivity index (χ3v) is 4.72. The van der Waals surface area contributed by atoms with Crippen molar-refractivity contribution in [2.45, 2.75) is 27.3 Å². The lowest BCUT2D eigenvalue weighted by molar-refractivity contribution is 0.260. The molecule has 0 aromatic carbocycles. The van der Waals surface area contributed by atoms with Crippen LogP contribution in [0.2, 0.25) is 0 Å². The third kappa shape index (κ3) is 5.66. The highest BCUT2D eigenvalue weighted by molar-refractivity contribution is 5.79. The van der Waals surface area contributed by atoms with Gasteiger partial charge in [-0.05, 0) is 26.8 Å². The van der Waals surface area contributed by atoms with Crippen LogP contribution in [0.1, 0.15) is 24.3 Å². The van der Waals surface area contributed by atoms with Gasteiger partial charge in [-0.3, -0.25) is 4.90 Å². The van der Waals surface area contributed by atoms with Gasteiger partial charge in [0.1, 0.15) is 12.3 Å². The van der Waals surface area contributed by atoms with Gasteiger partial charge in [-0.15, -0.1) is 0 Å². The summed E-state index contributed by atoms with van der Waals surface area (Å²) in [7, 11) is 0. The number of piperazine rings is 1. The molecule has 1 fully saturated rings. The van der Waals surface area contributed by atoms with Crippen molar-refractivity contribution < 1.29 is 4.42 Å². The molecule has 0 spiro atoms. The summed E-state index contributed by atoms with van der Waals surface area (Å²) in [6.45, 7) is 12.9. The summed E-state index contributed by atoms with van der Waals surface area (Å²) in [5.74, 6) is 3.10. The van der Waals surface area contributed by atoms with E-state index in [-0.39, 0.29) is 0 Å². The first-order valence-electron chi connectivity index (χ1n) is 9.85. The van der Waals surface area contributed by atoms with Gasteiger partial charge in [-0.2, -0.15) is 0 Å². The maximum atomic E-state index is 5.59. The second-order valence-corrected chi connectivity index (χ2v) is 6.75. The van der Waals surface area contributed by atoms with E-state index in [4.69, 9.17) is 4.42 Å². The van der Waals surface area contributed by atoms with Crippen molar-refractivity contribution in [3.05, 3.63) is 35.8 Å². The van der Waals surface area contributed by atoms with Gasteiger partial charge in [-0.25, -0.2) is 19.9 Å². The molecular formula is C19H30N8O. The van der Waals surface area contributed by atoms with Crippen LogP contribution >= 0.6 is 0 Å². The van der Waals surface area contributed by atoms with E-state index in [2.05, 4.69) is 47.3 Å². The fourth-order valence-electron chi connectivity index (χ4n) is 3.05. The summed E-state index contributed by atoms with van der Waals surface area (Å²) in [4.78, 5) is 22.3. The normalized spacial score (nSPS) is 15.7. The molecule has 1 aliphatic heterocycles. The fraction of sp³-hybridized carbons (Fsp3) is 0.579. The Bertz CT molecular complexity index is 733. The molecule has 9 nitrogen and oxygen atoms in total. The summed E-state index contributed by atoms with van der Waals surface area (Å²) < 4.78 is 5.59. The van der Waals surface area contributed by atoms with Gasteiger partial charge >= 0.3 is 0 Å². The molecule has 9 heteroatoms. The lowest BCUT2D eigenvalue weighted by atomic mass is 10.3. The predicted octanol–water partition coefficient (Wildman–Crippen LogP) is 0.959. The van der Waals surface area contributed by atoms with Crippen LogP contribution < -0.4 is 15.5 Å². The molecule has 0 saturated carbocycles. The minimum Gasteiger partial charge on any atom is -0.444 e. The number of hydrogen-bond donors (Lipinski definition) is 2. The molecule has 0 unspecified atom stereocenters. The number of anilines is 1. The zero-order valence-corrected chi connectivity index (χ0v) is 17.0. The van der Waals surface area contributed by atoms with Gasteiger partial charge in [0.05, 0.1) is 5.69 Å². The van der Waals surface area contributed by atoms with Crippen molar-refractivity contribution in [1.29, 1.82) is 0 Å². The Labute approximate surface area is 166 Å². The van der Waals surface area contributed by atoms with Gasteiger partial charge in [0.25, 0.3) is 0 Å². The largest absolute Gasteiger partial charge is 0.444 e. The zero-order chi connectivity index (χ0) is 19.8. The van der Waals surface area contributed by atoms with Crippen LogP contribution in [0.15, 0.2) is 27.9 Å². The van der Waals surface area contributed by atoms with E-state index in [1.54, 1.807) is 12.4 Å². The number of nitrogens with one attached hydrogen (secondary N) is 2. The minimum absolute atomic E-state index is 0.430. The standard InChI is InChI=1S/C19H30N8O/c1-4-20-18(24-14-17-25-15(2)16(3)28-17)21-8-9-26-10-12-27(13-11-26)19-22-6-5-7-23-19/h5-7H,4,8-14H2,1-3H3,(H2,20,21,24). The Morgan fingerprint density at radius 3 is 2.54 bits per heavy atom. The van der Waals surface area contributed by atoms with Crippen molar-refractivity contribution in [3.8, 4) is 0 Å². The molecular weight excluding hydrogens is 356 g/mol. The molecule has 0 bridgehead atoms. The van der Waals surface area contributed by atoms with Crippen LogP contribution in [0.3, 0.4) is 0 Å². The Balaban J connectivity index is 1.41. The number of oxazole rings is 1. The number of aromatic nitrogens is 3. The summed E-state index contributed by atoms with van der Waals surface area (Å²) in [6.07, 6.45) is 3.59. The average Bonchev–Trinajstić information content (AvgIpc) is 3.05. The van der Waals surface area contributed by atoms with Gasteiger partial charge in [0, 0.05) is 58.2 Å². The number of hydrogen-bond acceptors (Lipinski definition) is 7. The average molecular weight is 387 g/mol. The van der Waals surface area contributed by atoms with Gasteiger partial charge in [0.2, 0.25) is 11.8 Å². The van der Waals surface area contributed by atoms with Crippen LogP contribution in [0, 0.1) is 13.8 Å². The topological polar surface area (TPSA) is 94.7 Å². The Morgan fingerprint density at radius 2 is 1.89 bits per heavy atom. The summed E-state index contributed by atoms with van der Waals surface area (Å²) in [5, 5.41) is 6.66. The number of aliphatic imine (C=N–C) groups is 1. The molecule has 0 aliphatic carbocycles. The highest BCUT2D eigenvalue weighted by atomic mass is 16.4. The summed E-state index contributed by atoms with van der Waals surface area (Å²) in [6, 6.07) is 1.85. The van der Waals surface area contributed by atoms with E-state index in [9.17, 15) is 0 Å². The summed E-state index contributed by atoms with van der Waals surface area (Å²) >= 11 is 0. The number of nitrogens with zero attached hydrogens (tertiary/aromatic N) is 6. The van der Waals surface area contributed by atoms with Gasteiger partial charge in [-0.1, -0.05) is 0 Å². The van der Waals surface area contributed by atoms with Crippen LogP contribution in [0.25, 0.3) is 0 Å². The smallest absolute Gasteiger partial charge is 0.225 e. The van der Waals surface area contributed by atoms with Crippen molar-refractivity contribution in [1.82, 2.24) is 30.5 Å². The van der Waals surface area contributed by atoms with E-state index >= 15 is 0 Å². The first-order valence-corrected chi connectivity index (χ1v) is 9.85. The van der Waals surface area contributed by atoms with Crippen LogP contribution in [0.4, 0.5) is 5.95 Å². The molecule has 2 aromatic heterocycles. The Morgan fingerprint density at radius 1 is 1.14 bits per heavy atom. The molecule has 2 aromatic rings. The van der Waals surface area contributed by atoms with Crippen molar-refractivity contribution >= 4 is 11.9 Å². The second kappa shape index (κ2) is 10.0. The first-order chi connectivity index (χ1) is 13.7. The third-order valence-electron chi connectivity index (χ3n) is 4.72. The molecule has 2 N–H and O–H groups in total. The highest BCUT2D eigenvalue weighted by Crippen LogP contribution is 2.10. The van der Waals surface area contributed by atoms with E-state index in [1.807, 2.05) is 19.9 Å². The molecule has 0 atom stereocenters. The van der Waals surface area contributed by atoms with Gasteiger partial charge in [0.15, 0.2) is 5.96 Å². The Hall–Kier alpha value is -2.68. The van der Waals surface area contributed by atoms with E-state index in [1.165, 1.54) is 0 Å². The highest BCUT2D eigenvalue weighted by Gasteiger charge is 2.18. The molecule has 0 radical (unpaired) electrons. The van der Waals surface area contributed by atoms with E-state index in [0.29, 0.717) is 12.4 Å². The lowest BCUT2D eigenvalue weighted by Crippen LogP contribution is -2.49. The zero-order valence-electron chi connectivity index (χ0n) is 17.0. The van der Waals surface area contributed by atoms with Crippen molar-refractivity contribution in [2.75, 3.05) is 50.7 Å². The molecule has 0 amide bonds. The maximum Gasteiger partial charge on any atom is 0.225 e. The quantitative estimate of drug-likeness (QED) is 0.537. The Kier molecular flexibility index (Phi) is 7.18. The first kappa shape index (κ1) is 20.1. The monoisotopic (exact) mass is 386 g/mol. The molecule has 28 heavy (non-hydrogen) atoms. The number of aryl methyl sites for hydroxylation is 2. The predicted molar refractivity (Wildman–Crippen MR) is 109 cm³/mol. The number of rotatable bonds is 7. The van der Waals surface area contributed by atoms with Crippen molar-refractivity contribution in [2.24, 2.45) is 4.99 Å². The fourth-order valence-corrected chi connectivity index (χ4v) is 3.05. The van der Waals surface area contributed by atoms with Crippen LogP contribution in [0.5, 0.6) is 0 Å². The maximum absolute atomic E-state index is 5.59. The SMILES string of the molecule is CCNC(=NCc1nc(C)c(C)o1)NCCN1CCN(c2ncccn2)CC1. The molecule has 152 valence electrons. The lowest BCUT2D eigenvalue weighted by Gasteiger charge is -2.34. The van der Waals surface area contributed by atoms with Gasteiger partial charge < -0.3 is 20.0 Å². The molecule has 1 aliphatic rings. The van der Waals surface area contributed by atoms with Crippen LogP contribution in [-0.4, -0.2) is 71.6 Å². The van der Waals surface area contributed by atoms with E-state index in [0.717, 1.165) is 69.2 Å². The van der Waals surface area contributed by atoms with E-state index < -0.39 is 0 Å². The molecule has 3 heterocycles. The molecule has 3 rings (SSSR count). The molecule has 1 saturated heterocycles. The van der Waals surface area contributed by atoms with Crippen molar-refractivity contribution in [3.63, 3.8) is 0 Å². The second-order valence-electron chi connectivity index (χ2n) is 6.75. The summed E-state index contributed by atoms with van der Waals surface area (Å²) in [5.41, 5.74) is 0.920.